The van der Waals surface area contributed by atoms with E-state index in [2.05, 4.69) is 37.5 Å². The lowest BCUT2D eigenvalue weighted by atomic mass is 10.1. The standard InChI is InChI=1S/C19H15BrN4O2S/c1-25-17-8-3-12(9-18(17)26-2)16-11-27-19(22-16)15(10-21)24-23-14-6-4-13(20)5-7-14/h3-9,11,23H,1-2H3/b24-15-. The van der Waals surface area contributed by atoms with E-state index in [-0.39, 0.29) is 5.71 Å². The number of benzene rings is 2. The van der Waals surface area contributed by atoms with E-state index in [4.69, 9.17) is 9.47 Å². The Morgan fingerprint density at radius 3 is 2.56 bits per heavy atom. The maximum Gasteiger partial charge on any atom is 0.196 e. The van der Waals surface area contributed by atoms with Crippen molar-refractivity contribution in [3.8, 4) is 28.8 Å². The summed E-state index contributed by atoms with van der Waals surface area (Å²) in [6, 6.07) is 15.2. The summed E-state index contributed by atoms with van der Waals surface area (Å²) in [6.07, 6.45) is 0. The van der Waals surface area contributed by atoms with Gasteiger partial charge in [-0.1, -0.05) is 15.9 Å². The van der Waals surface area contributed by atoms with Gasteiger partial charge in [-0.15, -0.1) is 11.3 Å². The molecule has 0 saturated carbocycles. The molecule has 0 aliphatic carbocycles. The molecule has 3 aromatic rings. The smallest absolute Gasteiger partial charge is 0.196 e. The lowest BCUT2D eigenvalue weighted by Crippen LogP contribution is -2.01. The van der Waals surface area contributed by atoms with Crippen LogP contribution in [0, 0.1) is 11.3 Å². The molecule has 3 rings (SSSR count). The number of aromatic nitrogens is 1. The molecule has 27 heavy (non-hydrogen) atoms. The van der Waals surface area contributed by atoms with Crippen LogP contribution < -0.4 is 14.9 Å². The number of nitriles is 1. The van der Waals surface area contributed by atoms with Gasteiger partial charge in [0, 0.05) is 15.4 Å². The number of ether oxygens (including phenoxy) is 2. The van der Waals surface area contributed by atoms with Crippen LogP contribution in [0.1, 0.15) is 5.01 Å². The first kappa shape index (κ1) is 18.9. The van der Waals surface area contributed by atoms with Crippen LogP contribution in [0.15, 0.2) is 57.4 Å². The Kier molecular flexibility index (Phi) is 6.06. The van der Waals surface area contributed by atoms with Gasteiger partial charge >= 0.3 is 0 Å². The van der Waals surface area contributed by atoms with E-state index in [0.29, 0.717) is 16.5 Å². The Hall–Kier alpha value is -2.89. The zero-order valence-corrected chi connectivity index (χ0v) is 17.0. The molecule has 1 heterocycles. The summed E-state index contributed by atoms with van der Waals surface area (Å²) in [4.78, 5) is 4.53. The van der Waals surface area contributed by atoms with Crippen molar-refractivity contribution in [1.29, 1.82) is 5.26 Å². The van der Waals surface area contributed by atoms with Crippen molar-refractivity contribution >= 4 is 38.7 Å². The molecule has 136 valence electrons. The van der Waals surface area contributed by atoms with Crippen molar-refractivity contribution in [3.63, 3.8) is 0 Å². The highest BCUT2D eigenvalue weighted by Gasteiger charge is 2.12. The van der Waals surface area contributed by atoms with E-state index in [0.717, 1.165) is 21.4 Å². The quantitative estimate of drug-likeness (QED) is 0.432. The summed E-state index contributed by atoms with van der Waals surface area (Å²) < 4.78 is 11.6. The first-order valence-corrected chi connectivity index (χ1v) is 9.49. The van der Waals surface area contributed by atoms with Crippen molar-refractivity contribution in [2.45, 2.75) is 0 Å². The van der Waals surface area contributed by atoms with E-state index < -0.39 is 0 Å². The molecule has 0 amide bonds. The molecular weight excluding hydrogens is 428 g/mol. The molecule has 0 unspecified atom stereocenters. The lowest BCUT2D eigenvalue weighted by molar-refractivity contribution is 0.355. The maximum atomic E-state index is 9.43. The fourth-order valence-corrected chi connectivity index (χ4v) is 3.31. The van der Waals surface area contributed by atoms with Gasteiger partial charge in [-0.3, -0.25) is 5.43 Å². The highest BCUT2D eigenvalue weighted by molar-refractivity contribution is 9.10. The number of nitrogens with one attached hydrogen (secondary N) is 1. The number of thiazole rings is 1. The second kappa shape index (κ2) is 8.66. The number of rotatable bonds is 6. The number of hydrogen-bond donors (Lipinski definition) is 1. The Morgan fingerprint density at radius 1 is 1.15 bits per heavy atom. The van der Waals surface area contributed by atoms with E-state index in [1.54, 1.807) is 14.2 Å². The van der Waals surface area contributed by atoms with Gasteiger partial charge in [-0.2, -0.15) is 10.4 Å². The van der Waals surface area contributed by atoms with Crippen LogP contribution >= 0.6 is 27.3 Å². The topological polar surface area (TPSA) is 79.5 Å². The molecule has 1 N–H and O–H groups in total. The average Bonchev–Trinajstić information content (AvgIpc) is 3.19. The zero-order chi connectivity index (χ0) is 19.2. The molecule has 0 radical (unpaired) electrons. The van der Waals surface area contributed by atoms with Crippen LogP contribution in [0.5, 0.6) is 11.5 Å². The summed E-state index contributed by atoms with van der Waals surface area (Å²) in [5, 5.41) is 16.0. The first-order chi connectivity index (χ1) is 13.1. The zero-order valence-electron chi connectivity index (χ0n) is 14.6. The lowest BCUT2D eigenvalue weighted by Gasteiger charge is -2.08. The molecule has 8 heteroatoms. The highest BCUT2D eigenvalue weighted by Crippen LogP contribution is 2.32. The Bertz CT molecular complexity index is 1010. The molecule has 6 nitrogen and oxygen atoms in total. The molecule has 0 fully saturated rings. The number of halogens is 1. The van der Waals surface area contributed by atoms with Crippen molar-refractivity contribution in [2.75, 3.05) is 19.6 Å². The van der Waals surface area contributed by atoms with Gasteiger partial charge in [0.05, 0.1) is 25.6 Å². The van der Waals surface area contributed by atoms with Crippen molar-refractivity contribution in [3.05, 3.63) is 57.3 Å². The largest absolute Gasteiger partial charge is 0.493 e. The van der Waals surface area contributed by atoms with Crippen LogP contribution in [0.25, 0.3) is 11.3 Å². The molecule has 0 aliphatic rings. The number of hydrogen-bond acceptors (Lipinski definition) is 7. The molecule has 0 aliphatic heterocycles. The third-order valence-electron chi connectivity index (χ3n) is 3.63. The van der Waals surface area contributed by atoms with Crippen molar-refractivity contribution < 1.29 is 9.47 Å². The molecule has 1 aromatic heterocycles. The monoisotopic (exact) mass is 442 g/mol. The van der Waals surface area contributed by atoms with E-state index in [1.807, 2.05) is 47.8 Å². The average molecular weight is 443 g/mol. The first-order valence-electron chi connectivity index (χ1n) is 7.82. The van der Waals surface area contributed by atoms with Crippen molar-refractivity contribution in [1.82, 2.24) is 4.98 Å². The predicted octanol–water partition coefficient (Wildman–Crippen LogP) is 4.93. The number of methoxy groups -OCH3 is 2. The molecule has 0 saturated heterocycles. The summed E-state index contributed by atoms with van der Waals surface area (Å²) >= 11 is 4.73. The molecular formula is C19H15BrN4O2S. The van der Waals surface area contributed by atoms with Gasteiger partial charge in [0.1, 0.15) is 6.07 Å². The summed E-state index contributed by atoms with van der Waals surface area (Å²) in [7, 11) is 3.18. The van der Waals surface area contributed by atoms with Crippen LogP contribution in [-0.2, 0) is 0 Å². The minimum Gasteiger partial charge on any atom is -0.493 e. The van der Waals surface area contributed by atoms with Gasteiger partial charge < -0.3 is 9.47 Å². The fraction of sp³-hybridized carbons (Fsp3) is 0.105. The van der Waals surface area contributed by atoms with Crippen LogP contribution in [0.2, 0.25) is 0 Å². The minimum absolute atomic E-state index is 0.217. The van der Waals surface area contributed by atoms with Crippen LogP contribution in [0.3, 0.4) is 0 Å². The highest BCUT2D eigenvalue weighted by atomic mass is 79.9. The maximum absolute atomic E-state index is 9.43. The number of nitrogens with zero attached hydrogens (tertiary/aromatic N) is 3. The van der Waals surface area contributed by atoms with Gasteiger partial charge in [-0.05, 0) is 42.5 Å². The van der Waals surface area contributed by atoms with E-state index in [9.17, 15) is 5.26 Å². The molecule has 0 atom stereocenters. The van der Waals surface area contributed by atoms with Gasteiger partial charge in [0.25, 0.3) is 0 Å². The van der Waals surface area contributed by atoms with Crippen molar-refractivity contribution in [2.24, 2.45) is 5.10 Å². The normalized spacial score (nSPS) is 11.0. The molecule has 2 aromatic carbocycles. The Labute approximate surface area is 169 Å². The Balaban J connectivity index is 1.84. The Morgan fingerprint density at radius 2 is 1.89 bits per heavy atom. The van der Waals surface area contributed by atoms with Gasteiger partial charge in [0.15, 0.2) is 22.2 Å². The molecule has 0 spiro atoms. The third-order valence-corrected chi connectivity index (χ3v) is 5.01. The minimum atomic E-state index is 0.217. The van der Waals surface area contributed by atoms with Crippen LogP contribution in [-0.4, -0.2) is 24.9 Å². The number of hydrazone groups is 1. The predicted molar refractivity (Wildman–Crippen MR) is 111 cm³/mol. The van der Waals surface area contributed by atoms with E-state index in [1.165, 1.54) is 11.3 Å². The van der Waals surface area contributed by atoms with E-state index >= 15 is 0 Å². The van der Waals surface area contributed by atoms with Gasteiger partial charge in [0.2, 0.25) is 0 Å². The van der Waals surface area contributed by atoms with Gasteiger partial charge in [-0.25, -0.2) is 4.98 Å². The second-order valence-corrected chi connectivity index (χ2v) is 7.07. The van der Waals surface area contributed by atoms with Crippen LogP contribution in [0.4, 0.5) is 5.69 Å². The molecule has 0 bridgehead atoms. The second-order valence-electron chi connectivity index (χ2n) is 5.30. The fourth-order valence-electron chi connectivity index (χ4n) is 2.28. The third kappa shape index (κ3) is 4.45. The SMILES string of the molecule is COc1ccc(-c2csc(/C(C#N)=N\Nc3ccc(Br)cc3)n2)cc1OC. The number of anilines is 1. The summed E-state index contributed by atoms with van der Waals surface area (Å²) in [5.41, 5.74) is 5.48. The summed E-state index contributed by atoms with van der Waals surface area (Å²) in [5.74, 6) is 1.27. The summed E-state index contributed by atoms with van der Waals surface area (Å²) in [6.45, 7) is 0.